The molecular weight excluding hydrogens is 166 g/mol. The van der Waals surface area contributed by atoms with Crippen LogP contribution in [0.3, 0.4) is 0 Å². The second-order valence-corrected chi connectivity index (χ2v) is 2.83. The van der Waals surface area contributed by atoms with Gasteiger partial charge in [-0.15, -0.1) is 6.58 Å². The molecule has 0 bridgehead atoms. The Labute approximate surface area is 80.4 Å². The first-order valence-corrected chi connectivity index (χ1v) is 4.73. The second-order valence-electron chi connectivity index (χ2n) is 2.83. The van der Waals surface area contributed by atoms with Crippen LogP contribution >= 0.6 is 0 Å². The van der Waals surface area contributed by atoms with Gasteiger partial charge in [0.2, 0.25) is 0 Å². The van der Waals surface area contributed by atoms with E-state index >= 15 is 0 Å². The first-order valence-electron chi connectivity index (χ1n) is 4.73. The van der Waals surface area contributed by atoms with Gasteiger partial charge in [-0.25, -0.2) is 0 Å². The summed E-state index contributed by atoms with van der Waals surface area (Å²) in [6.07, 6.45) is 2.84. The number of carbonyl (C=O) groups is 1. The van der Waals surface area contributed by atoms with E-state index in [4.69, 9.17) is 4.74 Å². The summed E-state index contributed by atoms with van der Waals surface area (Å²) < 4.78 is 4.85. The molecule has 0 N–H and O–H groups in total. The molecule has 3 nitrogen and oxygen atoms in total. The summed E-state index contributed by atoms with van der Waals surface area (Å²) in [6, 6.07) is 0. The quantitative estimate of drug-likeness (QED) is 0.444. The van der Waals surface area contributed by atoms with Crippen molar-refractivity contribution < 1.29 is 9.53 Å². The third-order valence-electron chi connectivity index (χ3n) is 1.59. The summed E-state index contributed by atoms with van der Waals surface area (Å²) in [5, 5.41) is 0. The van der Waals surface area contributed by atoms with Gasteiger partial charge in [-0.2, -0.15) is 0 Å². The van der Waals surface area contributed by atoms with Crippen LogP contribution < -0.4 is 0 Å². The fourth-order valence-electron chi connectivity index (χ4n) is 1.12. The van der Waals surface area contributed by atoms with Gasteiger partial charge in [0.15, 0.2) is 0 Å². The number of esters is 1. The van der Waals surface area contributed by atoms with Crippen molar-refractivity contribution in [2.24, 2.45) is 0 Å². The van der Waals surface area contributed by atoms with E-state index in [0.717, 1.165) is 19.5 Å². The topological polar surface area (TPSA) is 29.5 Å². The van der Waals surface area contributed by atoms with Gasteiger partial charge in [0.1, 0.15) is 0 Å². The zero-order valence-corrected chi connectivity index (χ0v) is 8.58. The van der Waals surface area contributed by atoms with Gasteiger partial charge in [0, 0.05) is 6.54 Å². The Kier molecular flexibility index (Phi) is 7.30. The first kappa shape index (κ1) is 12.2. The molecule has 0 aromatic carbocycles. The lowest BCUT2D eigenvalue weighted by Crippen LogP contribution is -2.31. The fraction of sp³-hybridized carbons (Fsp3) is 0.700. The van der Waals surface area contributed by atoms with E-state index < -0.39 is 0 Å². The normalized spacial score (nSPS) is 10.1. The van der Waals surface area contributed by atoms with Crippen molar-refractivity contribution in [2.75, 3.05) is 26.2 Å². The molecule has 13 heavy (non-hydrogen) atoms. The van der Waals surface area contributed by atoms with Gasteiger partial charge in [0.25, 0.3) is 0 Å². The van der Waals surface area contributed by atoms with Crippen molar-refractivity contribution in [1.82, 2.24) is 4.90 Å². The molecule has 0 spiro atoms. The van der Waals surface area contributed by atoms with Gasteiger partial charge in [-0.05, 0) is 19.9 Å². The Hall–Kier alpha value is -0.830. The van der Waals surface area contributed by atoms with Crippen molar-refractivity contribution >= 4 is 5.97 Å². The van der Waals surface area contributed by atoms with Crippen LogP contribution in [0.4, 0.5) is 0 Å². The van der Waals surface area contributed by atoms with E-state index in [1.54, 1.807) is 6.08 Å². The predicted molar refractivity (Wildman–Crippen MR) is 53.6 cm³/mol. The molecule has 0 saturated carbocycles. The average Bonchev–Trinajstić information content (AvgIpc) is 2.05. The van der Waals surface area contributed by atoms with Crippen LogP contribution in [0.1, 0.15) is 20.3 Å². The molecule has 0 atom stereocenters. The van der Waals surface area contributed by atoms with Crippen molar-refractivity contribution in [3.05, 3.63) is 12.7 Å². The minimum atomic E-state index is -0.155. The summed E-state index contributed by atoms with van der Waals surface area (Å²) in [6.45, 7) is 10.0. The lowest BCUT2D eigenvalue weighted by Gasteiger charge is -2.18. The third-order valence-corrected chi connectivity index (χ3v) is 1.59. The van der Waals surface area contributed by atoms with E-state index in [1.807, 2.05) is 11.8 Å². The highest BCUT2D eigenvalue weighted by molar-refractivity contribution is 5.71. The molecule has 0 aliphatic heterocycles. The van der Waals surface area contributed by atoms with Crippen LogP contribution in [-0.2, 0) is 9.53 Å². The average molecular weight is 185 g/mol. The third kappa shape index (κ3) is 6.34. The molecule has 0 heterocycles. The Balaban J connectivity index is 3.78. The summed E-state index contributed by atoms with van der Waals surface area (Å²) >= 11 is 0. The molecule has 76 valence electrons. The Morgan fingerprint density at radius 1 is 1.54 bits per heavy atom. The van der Waals surface area contributed by atoms with Gasteiger partial charge in [-0.3, -0.25) is 9.69 Å². The number of rotatable bonds is 7. The molecule has 0 radical (unpaired) electrons. The first-order chi connectivity index (χ1) is 6.24. The molecule has 3 heteroatoms. The standard InChI is InChI=1S/C10H19NO2/c1-4-7-11(8-5-2)9-10(12)13-6-3/h4H,1,5-9H2,2-3H3. The fourth-order valence-corrected chi connectivity index (χ4v) is 1.12. The van der Waals surface area contributed by atoms with Crippen LogP contribution in [0, 0.1) is 0 Å². The maximum atomic E-state index is 11.1. The summed E-state index contributed by atoms with van der Waals surface area (Å²) in [7, 11) is 0. The summed E-state index contributed by atoms with van der Waals surface area (Å²) in [5.74, 6) is -0.155. The Morgan fingerprint density at radius 2 is 2.23 bits per heavy atom. The summed E-state index contributed by atoms with van der Waals surface area (Å²) in [4.78, 5) is 13.1. The molecule has 0 unspecified atom stereocenters. The second kappa shape index (κ2) is 7.80. The summed E-state index contributed by atoms with van der Waals surface area (Å²) in [5.41, 5.74) is 0. The number of hydrogen-bond donors (Lipinski definition) is 0. The zero-order valence-electron chi connectivity index (χ0n) is 8.58. The van der Waals surface area contributed by atoms with Crippen LogP contribution in [0.25, 0.3) is 0 Å². The van der Waals surface area contributed by atoms with Gasteiger partial charge in [0.05, 0.1) is 13.2 Å². The highest BCUT2D eigenvalue weighted by Gasteiger charge is 2.08. The lowest BCUT2D eigenvalue weighted by molar-refractivity contribution is -0.144. The van der Waals surface area contributed by atoms with Crippen molar-refractivity contribution in [3.8, 4) is 0 Å². The Bertz CT molecular complexity index is 157. The minimum absolute atomic E-state index is 0.155. The molecule has 0 rings (SSSR count). The molecule has 0 aliphatic rings. The Morgan fingerprint density at radius 3 is 2.69 bits per heavy atom. The van der Waals surface area contributed by atoms with Gasteiger partial charge >= 0.3 is 5.97 Å². The van der Waals surface area contributed by atoms with Gasteiger partial charge < -0.3 is 4.74 Å². The van der Waals surface area contributed by atoms with Crippen molar-refractivity contribution in [1.29, 1.82) is 0 Å². The van der Waals surface area contributed by atoms with Crippen molar-refractivity contribution in [2.45, 2.75) is 20.3 Å². The number of ether oxygens (including phenoxy) is 1. The lowest BCUT2D eigenvalue weighted by atomic mass is 10.4. The van der Waals surface area contributed by atoms with E-state index in [9.17, 15) is 4.79 Å². The molecular formula is C10H19NO2. The SMILES string of the molecule is C=CCN(CCC)CC(=O)OCC. The van der Waals surface area contributed by atoms with Gasteiger partial charge in [-0.1, -0.05) is 13.0 Å². The maximum Gasteiger partial charge on any atom is 0.320 e. The van der Waals surface area contributed by atoms with Crippen molar-refractivity contribution in [3.63, 3.8) is 0 Å². The molecule has 0 fully saturated rings. The molecule has 0 aromatic heterocycles. The molecule has 0 saturated heterocycles. The smallest absolute Gasteiger partial charge is 0.320 e. The van der Waals surface area contributed by atoms with E-state index in [0.29, 0.717) is 13.2 Å². The van der Waals surface area contributed by atoms with E-state index in [-0.39, 0.29) is 5.97 Å². The highest BCUT2D eigenvalue weighted by Crippen LogP contribution is 1.93. The number of carbonyl (C=O) groups excluding carboxylic acids is 1. The predicted octanol–water partition coefficient (Wildman–Crippen LogP) is 1.45. The zero-order chi connectivity index (χ0) is 10.1. The minimum Gasteiger partial charge on any atom is -0.465 e. The molecule has 0 aromatic rings. The van der Waals surface area contributed by atoms with Crippen LogP contribution in [-0.4, -0.2) is 37.1 Å². The molecule has 0 amide bonds. The number of nitrogens with zero attached hydrogens (tertiary/aromatic N) is 1. The van der Waals surface area contributed by atoms with E-state index in [1.165, 1.54) is 0 Å². The molecule has 0 aliphatic carbocycles. The number of hydrogen-bond acceptors (Lipinski definition) is 3. The van der Waals surface area contributed by atoms with Crippen LogP contribution in [0.2, 0.25) is 0 Å². The van der Waals surface area contributed by atoms with E-state index in [2.05, 4.69) is 13.5 Å². The van der Waals surface area contributed by atoms with Crippen LogP contribution in [0.15, 0.2) is 12.7 Å². The maximum absolute atomic E-state index is 11.1. The highest BCUT2D eigenvalue weighted by atomic mass is 16.5. The largest absolute Gasteiger partial charge is 0.465 e. The monoisotopic (exact) mass is 185 g/mol. The van der Waals surface area contributed by atoms with Crippen LogP contribution in [0.5, 0.6) is 0 Å².